The van der Waals surface area contributed by atoms with Gasteiger partial charge in [0.1, 0.15) is 5.60 Å². The summed E-state index contributed by atoms with van der Waals surface area (Å²) in [6.45, 7) is 13.6. The molecule has 1 N–H and O–H groups in total. The minimum atomic E-state index is -1.23. The Kier molecular flexibility index (Phi) is 6.16. The predicted octanol–water partition coefficient (Wildman–Crippen LogP) is 2.91. The second kappa shape index (κ2) is 6.88. The highest BCUT2D eigenvalue weighted by molar-refractivity contribution is 5.85. The maximum atomic E-state index is 9.66. The number of hydrogen-bond acceptors (Lipinski definition) is 5. The molecule has 5 heteroatoms. The maximum Gasteiger partial charge on any atom is 0.158 e. The molecule has 1 unspecified atom stereocenters. The largest absolute Gasteiger partial charge is 0.382 e. The normalized spacial score (nSPS) is 13.8. The fraction of sp³-hybridized carbons (Fsp3) is 0.533. The van der Waals surface area contributed by atoms with E-state index in [0.717, 1.165) is 0 Å². The van der Waals surface area contributed by atoms with Crippen LogP contribution in [0.1, 0.15) is 34.1 Å². The van der Waals surface area contributed by atoms with Gasteiger partial charge in [-0.25, -0.2) is 0 Å². The zero-order chi connectivity index (χ0) is 16.0. The molecular formula is C15H21N3O2. The van der Waals surface area contributed by atoms with Gasteiger partial charge in [0.2, 0.25) is 0 Å². The molecule has 0 aromatic rings. The Hall–Kier alpha value is -2.11. The molecule has 20 heavy (non-hydrogen) atoms. The topological polar surface area (TPSA) is 89.4 Å². The Balaban J connectivity index is 5.15. The van der Waals surface area contributed by atoms with E-state index < -0.39 is 16.9 Å². The van der Waals surface area contributed by atoms with Gasteiger partial charge in [0.25, 0.3) is 0 Å². The van der Waals surface area contributed by atoms with Gasteiger partial charge in [0, 0.05) is 5.92 Å². The molecule has 0 radical (unpaired) electrons. The van der Waals surface area contributed by atoms with Crippen LogP contribution in [0, 0.1) is 34.0 Å². The number of nitriles is 2. The lowest BCUT2D eigenvalue weighted by molar-refractivity contribution is 0.0416. The number of hydrogen-bond donors (Lipinski definition) is 1. The van der Waals surface area contributed by atoms with Crippen LogP contribution >= 0.6 is 0 Å². The quantitative estimate of drug-likeness (QED) is 0.335. The van der Waals surface area contributed by atoms with Crippen molar-refractivity contribution in [2.24, 2.45) is 16.5 Å². The molecule has 0 aromatic heterocycles. The van der Waals surface area contributed by atoms with Crippen molar-refractivity contribution in [3.05, 3.63) is 25.0 Å². The zero-order valence-corrected chi connectivity index (χ0v) is 12.5. The lowest BCUT2D eigenvalue weighted by atomic mass is 9.74. The molecule has 0 aliphatic rings. The van der Waals surface area contributed by atoms with Crippen molar-refractivity contribution in [3.8, 4) is 12.1 Å². The Morgan fingerprint density at radius 1 is 1.45 bits per heavy atom. The molecule has 0 bridgehead atoms. The van der Waals surface area contributed by atoms with Gasteiger partial charge in [0.15, 0.2) is 11.2 Å². The van der Waals surface area contributed by atoms with Gasteiger partial charge in [0.05, 0.1) is 17.9 Å². The van der Waals surface area contributed by atoms with Crippen LogP contribution in [0.4, 0.5) is 0 Å². The third-order valence-corrected chi connectivity index (χ3v) is 3.21. The lowest BCUT2D eigenvalue weighted by Crippen LogP contribution is -2.30. The van der Waals surface area contributed by atoms with Crippen LogP contribution in [0.2, 0.25) is 0 Å². The van der Waals surface area contributed by atoms with Crippen molar-refractivity contribution in [1.29, 1.82) is 10.5 Å². The average Bonchev–Trinajstić information content (AvgIpc) is 2.40. The molecule has 0 spiro atoms. The van der Waals surface area contributed by atoms with E-state index in [1.54, 1.807) is 13.8 Å². The lowest BCUT2D eigenvalue weighted by Gasteiger charge is -2.24. The average molecular weight is 275 g/mol. The van der Waals surface area contributed by atoms with Gasteiger partial charge in [-0.05, 0) is 27.2 Å². The van der Waals surface area contributed by atoms with E-state index >= 15 is 0 Å². The fourth-order valence-electron chi connectivity index (χ4n) is 1.39. The van der Waals surface area contributed by atoms with Gasteiger partial charge in [-0.1, -0.05) is 24.7 Å². The van der Waals surface area contributed by atoms with Crippen LogP contribution in [-0.2, 0) is 4.84 Å². The van der Waals surface area contributed by atoms with Crippen molar-refractivity contribution >= 4 is 5.71 Å². The van der Waals surface area contributed by atoms with E-state index in [0.29, 0.717) is 5.71 Å². The van der Waals surface area contributed by atoms with Crippen LogP contribution in [0.3, 0.4) is 0 Å². The molecular weight excluding hydrogens is 254 g/mol. The Bertz CT molecular complexity index is 473. The first-order valence-corrected chi connectivity index (χ1v) is 6.21. The minimum absolute atomic E-state index is 0.0901. The summed E-state index contributed by atoms with van der Waals surface area (Å²) in [5.41, 5.74) is -1.97. The number of allylic oxidation sites excluding steroid dienone is 1. The molecule has 0 rings (SSSR count). The highest BCUT2D eigenvalue weighted by Crippen LogP contribution is 2.32. The smallest absolute Gasteiger partial charge is 0.158 e. The summed E-state index contributed by atoms with van der Waals surface area (Å²) < 4.78 is 0. The highest BCUT2D eigenvalue weighted by atomic mass is 16.6. The van der Waals surface area contributed by atoms with Gasteiger partial charge >= 0.3 is 0 Å². The van der Waals surface area contributed by atoms with Crippen LogP contribution in [-0.4, -0.2) is 16.4 Å². The fourth-order valence-corrected chi connectivity index (χ4v) is 1.39. The first-order chi connectivity index (χ1) is 9.14. The molecule has 5 nitrogen and oxygen atoms in total. The maximum absolute atomic E-state index is 9.66. The second-order valence-corrected chi connectivity index (χ2v) is 5.22. The van der Waals surface area contributed by atoms with Crippen molar-refractivity contribution in [2.45, 2.75) is 39.7 Å². The third-order valence-electron chi connectivity index (χ3n) is 3.21. The van der Waals surface area contributed by atoms with Crippen molar-refractivity contribution in [1.82, 2.24) is 0 Å². The molecule has 0 aliphatic heterocycles. The summed E-state index contributed by atoms with van der Waals surface area (Å²) in [6.07, 6.45) is 1.77. The molecule has 108 valence electrons. The summed E-state index contributed by atoms with van der Waals surface area (Å²) in [7, 11) is 0. The summed E-state index contributed by atoms with van der Waals surface area (Å²) >= 11 is 0. The first kappa shape index (κ1) is 17.9. The van der Waals surface area contributed by atoms with E-state index in [9.17, 15) is 15.6 Å². The number of aliphatic hydroxyl groups is 1. The summed E-state index contributed by atoms with van der Waals surface area (Å²) in [4.78, 5) is 5.05. The van der Waals surface area contributed by atoms with Crippen LogP contribution in [0.15, 0.2) is 30.1 Å². The summed E-state index contributed by atoms with van der Waals surface area (Å²) in [5.74, 6) is -0.350. The van der Waals surface area contributed by atoms with Crippen LogP contribution < -0.4 is 0 Å². The van der Waals surface area contributed by atoms with E-state index in [-0.39, 0.29) is 12.2 Å². The molecule has 0 saturated heterocycles. The SMILES string of the molecule is C=CCC(C#N)(C#N)C(C)/C(C)=N/OC(=C)C(C)(C)O. The molecule has 0 saturated carbocycles. The number of nitrogens with zero attached hydrogens (tertiary/aromatic N) is 3. The Morgan fingerprint density at radius 2 is 1.95 bits per heavy atom. The third kappa shape index (κ3) is 4.22. The van der Waals surface area contributed by atoms with E-state index in [2.05, 4.69) is 18.3 Å². The molecule has 0 aliphatic carbocycles. The zero-order valence-electron chi connectivity index (χ0n) is 12.5. The van der Waals surface area contributed by atoms with Crippen molar-refractivity contribution in [3.63, 3.8) is 0 Å². The standard InChI is InChI=1S/C15H21N3O2/c1-7-8-15(9-16,10-17)11(2)12(3)18-20-13(4)14(5,6)19/h7,11,19H,1,4,8H2,2-3,5-6H3/b18-12+. The van der Waals surface area contributed by atoms with Gasteiger partial charge < -0.3 is 9.94 Å². The number of rotatable bonds is 7. The van der Waals surface area contributed by atoms with E-state index in [1.165, 1.54) is 19.9 Å². The van der Waals surface area contributed by atoms with Gasteiger partial charge in [-0.15, -0.1) is 6.58 Å². The van der Waals surface area contributed by atoms with Crippen molar-refractivity contribution in [2.75, 3.05) is 0 Å². The van der Waals surface area contributed by atoms with E-state index in [4.69, 9.17) is 4.84 Å². The Morgan fingerprint density at radius 3 is 2.30 bits per heavy atom. The molecule has 0 amide bonds. The van der Waals surface area contributed by atoms with Crippen molar-refractivity contribution < 1.29 is 9.94 Å². The monoisotopic (exact) mass is 275 g/mol. The molecule has 0 heterocycles. The number of oxime groups is 1. The predicted molar refractivity (Wildman–Crippen MR) is 77.3 cm³/mol. The molecule has 0 fully saturated rings. The highest BCUT2D eigenvalue weighted by Gasteiger charge is 2.37. The van der Waals surface area contributed by atoms with Gasteiger partial charge in [-0.3, -0.25) is 0 Å². The van der Waals surface area contributed by atoms with Gasteiger partial charge in [-0.2, -0.15) is 10.5 Å². The van der Waals surface area contributed by atoms with Crippen LogP contribution in [0.25, 0.3) is 0 Å². The minimum Gasteiger partial charge on any atom is -0.382 e. The summed E-state index contributed by atoms with van der Waals surface area (Å²) in [6, 6.07) is 4.05. The molecule has 0 aromatic carbocycles. The molecule has 1 atom stereocenters. The van der Waals surface area contributed by atoms with E-state index in [1.807, 2.05) is 12.1 Å². The van der Waals surface area contributed by atoms with Crippen LogP contribution in [0.5, 0.6) is 0 Å². The first-order valence-electron chi connectivity index (χ1n) is 6.21. The summed E-state index contributed by atoms with van der Waals surface area (Å²) in [5, 5.41) is 32.0. The second-order valence-electron chi connectivity index (χ2n) is 5.22. The Labute approximate surface area is 120 Å².